The summed E-state index contributed by atoms with van der Waals surface area (Å²) >= 11 is 3.48. The van der Waals surface area contributed by atoms with Crippen molar-refractivity contribution in [3.63, 3.8) is 0 Å². The highest BCUT2D eigenvalue weighted by Gasteiger charge is 2.48. The molecule has 1 nitrogen and oxygen atoms in total. The predicted octanol–water partition coefficient (Wildman–Crippen LogP) is 2.29. The fourth-order valence-corrected chi connectivity index (χ4v) is 2.68. The first-order chi connectivity index (χ1) is 6.24. The van der Waals surface area contributed by atoms with Gasteiger partial charge in [0.25, 0.3) is 0 Å². The molecule has 2 rings (SSSR count). The van der Waals surface area contributed by atoms with Gasteiger partial charge >= 0.3 is 0 Å². The van der Waals surface area contributed by atoms with E-state index in [1.807, 2.05) is 0 Å². The number of hydrogen-bond acceptors (Lipinski definition) is 1. The Morgan fingerprint density at radius 1 is 1.31 bits per heavy atom. The van der Waals surface area contributed by atoms with E-state index < -0.39 is 0 Å². The van der Waals surface area contributed by atoms with Gasteiger partial charge in [-0.2, -0.15) is 0 Å². The van der Waals surface area contributed by atoms with Gasteiger partial charge in [0, 0.05) is 23.3 Å². The average molecular weight is 245 g/mol. The summed E-state index contributed by atoms with van der Waals surface area (Å²) in [6.45, 7) is 0.192. The van der Waals surface area contributed by atoms with Gasteiger partial charge in [-0.15, -0.1) is 0 Å². The van der Waals surface area contributed by atoms with Crippen LogP contribution in [0.1, 0.15) is 11.5 Å². The minimum absolute atomic E-state index is 0.192. The molecule has 1 N–H and O–H groups in total. The molecule has 70 valence electrons. The summed E-state index contributed by atoms with van der Waals surface area (Å²) < 4.78 is 12.6. The monoisotopic (exact) mass is 244 g/mol. The molecule has 1 aromatic carbocycles. The molecule has 1 aliphatic rings. The molecule has 0 saturated heterocycles. The Kier molecular flexibility index (Phi) is 2.39. The summed E-state index contributed by atoms with van der Waals surface area (Å²) in [7, 11) is 0. The van der Waals surface area contributed by atoms with Crippen LogP contribution in [0.25, 0.3) is 0 Å². The van der Waals surface area contributed by atoms with E-state index in [1.54, 1.807) is 12.1 Å². The van der Waals surface area contributed by atoms with Gasteiger partial charge in [0.15, 0.2) is 0 Å². The van der Waals surface area contributed by atoms with Crippen molar-refractivity contribution >= 4 is 15.9 Å². The molecule has 0 aliphatic heterocycles. The Morgan fingerprint density at radius 3 is 2.38 bits per heavy atom. The first-order valence-corrected chi connectivity index (χ1v) is 5.16. The maximum absolute atomic E-state index is 12.6. The smallest absolute Gasteiger partial charge is 0.123 e. The van der Waals surface area contributed by atoms with Crippen LogP contribution in [0.3, 0.4) is 0 Å². The van der Waals surface area contributed by atoms with Gasteiger partial charge in [0.2, 0.25) is 0 Å². The standard InChI is InChI=1S/C10H10BrFO/c11-10-8(5-13)9(10)6-1-3-7(12)4-2-6/h1-4,8-10,13H,5H2/t8-,9-,10+/m1/s1. The van der Waals surface area contributed by atoms with Crippen LogP contribution in [0, 0.1) is 11.7 Å². The summed E-state index contributed by atoms with van der Waals surface area (Å²) in [5.74, 6) is 0.437. The number of hydrogen-bond donors (Lipinski definition) is 1. The number of halogens is 2. The maximum atomic E-state index is 12.6. The zero-order valence-electron chi connectivity index (χ0n) is 6.95. The van der Waals surface area contributed by atoms with E-state index in [2.05, 4.69) is 15.9 Å². The van der Waals surface area contributed by atoms with E-state index in [0.717, 1.165) is 5.56 Å². The molecule has 1 saturated carbocycles. The second-order valence-corrected chi connectivity index (χ2v) is 4.43. The zero-order valence-corrected chi connectivity index (χ0v) is 8.54. The Balaban J connectivity index is 2.15. The lowest BCUT2D eigenvalue weighted by molar-refractivity contribution is 0.274. The molecule has 1 fully saturated rings. The van der Waals surface area contributed by atoms with Gasteiger partial charge in [-0.1, -0.05) is 28.1 Å². The fourth-order valence-electron chi connectivity index (χ4n) is 1.66. The van der Waals surface area contributed by atoms with E-state index in [-0.39, 0.29) is 12.4 Å². The molecule has 3 atom stereocenters. The lowest BCUT2D eigenvalue weighted by Crippen LogP contribution is -1.88. The molecule has 0 radical (unpaired) electrons. The van der Waals surface area contributed by atoms with Crippen molar-refractivity contribution in [3.05, 3.63) is 35.6 Å². The summed E-state index contributed by atoms with van der Waals surface area (Å²) in [5, 5.41) is 8.96. The van der Waals surface area contributed by atoms with Crippen molar-refractivity contribution in [1.29, 1.82) is 0 Å². The highest BCUT2D eigenvalue weighted by molar-refractivity contribution is 9.09. The number of benzene rings is 1. The maximum Gasteiger partial charge on any atom is 0.123 e. The van der Waals surface area contributed by atoms with Gasteiger partial charge in [-0.05, 0) is 17.7 Å². The largest absolute Gasteiger partial charge is 0.396 e. The van der Waals surface area contributed by atoms with E-state index in [9.17, 15) is 4.39 Å². The lowest BCUT2D eigenvalue weighted by Gasteiger charge is -1.97. The fraction of sp³-hybridized carbons (Fsp3) is 0.400. The van der Waals surface area contributed by atoms with Crippen molar-refractivity contribution in [3.8, 4) is 0 Å². The molecule has 0 unspecified atom stereocenters. The molecule has 13 heavy (non-hydrogen) atoms. The quantitative estimate of drug-likeness (QED) is 0.792. The molecule has 0 bridgehead atoms. The highest BCUT2D eigenvalue weighted by Crippen LogP contribution is 2.52. The van der Waals surface area contributed by atoms with Crippen LogP contribution >= 0.6 is 15.9 Å². The van der Waals surface area contributed by atoms with Crippen molar-refractivity contribution in [1.82, 2.24) is 0 Å². The van der Waals surface area contributed by atoms with Crippen molar-refractivity contribution in [2.24, 2.45) is 5.92 Å². The molecule has 3 heteroatoms. The van der Waals surface area contributed by atoms with E-state index in [4.69, 9.17) is 5.11 Å². The molecule has 0 spiro atoms. The topological polar surface area (TPSA) is 20.2 Å². The van der Waals surface area contributed by atoms with Crippen LogP contribution in [0.5, 0.6) is 0 Å². The van der Waals surface area contributed by atoms with E-state index >= 15 is 0 Å². The molecule has 1 aliphatic carbocycles. The molecule has 1 aromatic rings. The van der Waals surface area contributed by atoms with Crippen molar-refractivity contribution < 1.29 is 9.50 Å². The van der Waals surface area contributed by atoms with Gasteiger partial charge < -0.3 is 5.11 Å². The third-order valence-electron chi connectivity index (χ3n) is 2.54. The van der Waals surface area contributed by atoms with Gasteiger partial charge in [-0.3, -0.25) is 0 Å². The first kappa shape index (κ1) is 9.16. The summed E-state index contributed by atoms with van der Waals surface area (Å²) in [5.41, 5.74) is 1.10. The summed E-state index contributed by atoms with van der Waals surface area (Å²) in [6, 6.07) is 6.48. The van der Waals surface area contributed by atoms with Crippen molar-refractivity contribution in [2.45, 2.75) is 10.7 Å². The molecule has 0 heterocycles. The third kappa shape index (κ3) is 1.63. The Bertz CT molecular complexity index is 298. The Labute approximate surface area is 84.7 Å². The zero-order chi connectivity index (χ0) is 9.42. The van der Waals surface area contributed by atoms with Crippen LogP contribution in [-0.2, 0) is 0 Å². The van der Waals surface area contributed by atoms with Crippen molar-refractivity contribution in [2.75, 3.05) is 6.61 Å². The number of alkyl halides is 1. The second kappa shape index (κ2) is 3.39. The number of aliphatic hydroxyl groups is 1. The Hall–Kier alpha value is -0.410. The molecule has 0 amide bonds. The first-order valence-electron chi connectivity index (χ1n) is 4.24. The van der Waals surface area contributed by atoms with E-state index in [0.29, 0.717) is 16.7 Å². The van der Waals surface area contributed by atoms with Crippen LogP contribution < -0.4 is 0 Å². The van der Waals surface area contributed by atoms with Gasteiger partial charge in [0.1, 0.15) is 5.82 Å². The van der Waals surface area contributed by atoms with Gasteiger partial charge in [0.05, 0.1) is 0 Å². The third-order valence-corrected chi connectivity index (χ3v) is 3.79. The average Bonchev–Trinajstić information content (AvgIpc) is 2.78. The Morgan fingerprint density at radius 2 is 1.92 bits per heavy atom. The lowest BCUT2D eigenvalue weighted by atomic mass is 10.1. The predicted molar refractivity (Wildman–Crippen MR) is 52.4 cm³/mol. The van der Waals surface area contributed by atoms with Crippen LogP contribution in [0.4, 0.5) is 4.39 Å². The minimum Gasteiger partial charge on any atom is -0.396 e. The van der Waals surface area contributed by atoms with Gasteiger partial charge in [-0.25, -0.2) is 4.39 Å². The second-order valence-electron chi connectivity index (χ2n) is 3.37. The number of rotatable bonds is 2. The molecule has 0 aromatic heterocycles. The van der Waals surface area contributed by atoms with Crippen LogP contribution in [-0.4, -0.2) is 16.5 Å². The van der Waals surface area contributed by atoms with Crippen LogP contribution in [0.2, 0.25) is 0 Å². The minimum atomic E-state index is -0.212. The van der Waals surface area contributed by atoms with E-state index in [1.165, 1.54) is 12.1 Å². The highest BCUT2D eigenvalue weighted by atomic mass is 79.9. The van der Waals surface area contributed by atoms with Crippen LogP contribution in [0.15, 0.2) is 24.3 Å². The molecular weight excluding hydrogens is 235 g/mol. The SMILES string of the molecule is OC[C@H]1[C@H](Br)[C@@H]1c1ccc(F)cc1. The summed E-state index contributed by atoms with van der Waals surface area (Å²) in [4.78, 5) is 0.350. The summed E-state index contributed by atoms with van der Waals surface area (Å²) in [6.07, 6.45) is 0. The number of aliphatic hydroxyl groups excluding tert-OH is 1. The normalized spacial score (nSPS) is 31.8. The molecular formula is C10H10BrFO.